The molecule has 2 rings (SSSR count). The highest BCUT2D eigenvalue weighted by molar-refractivity contribution is 5.78. The summed E-state index contributed by atoms with van der Waals surface area (Å²) in [4.78, 5) is 11.8. The van der Waals surface area contributed by atoms with E-state index in [1.807, 2.05) is 30.3 Å². The Morgan fingerprint density at radius 3 is 2.60 bits per heavy atom. The molecule has 0 bridgehead atoms. The van der Waals surface area contributed by atoms with E-state index >= 15 is 0 Å². The van der Waals surface area contributed by atoms with Crippen molar-refractivity contribution in [2.45, 2.75) is 51.6 Å². The molecule has 1 aromatic carbocycles. The highest BCUT2D eigenvalue weighted by Gasteiger charge is 2.19. The molecule has 0 heterocycles. The molecule has 0 aliphatic heterocycles. The first-order valence-corrected chi connectivity index (χ1v) is 7.79. The molecular formula is C17H26N2O. The molecule has 20 heavy (non-hydrogen) atoms. The van der Waals surface area contributed by atoms with Crippen molar-refractivity contribution in [2.24, 2.45) is 5.92 Å². The van der Waals surface area contributed by atoms with Crippen LogP contribution in [0.15, 0.2) is 30.3 Å². The first-order chi connectivity index (χ1) is 9.75. The normalized spacial score (nSPS) is 17.6. The minimum absolute atomic E-state index is 0.0801. The van der Waals surface area contributed by atoms with E-state index in [-0.39, 0.29) is 5.91 Å². The van der Waals surface area contributed by atoms with Gasteiger partial charge in [-0.2, -0.15) is 0 Å². The van der Waals surface area contributed by atoms with Gasteiger partial charge >= 0.3 is 0 Å². The quantitative estimate of drug-likeness (QED) is 0.837. The van der Waals surface area contributed by atoms with Crippen molar-refractivity contribution < 1.29 is 4.79 Å². The van der Waals surface area contributed by atoms with Gasteiger partial charge in [0, 0.05) is 12.6 Å². The van der Waals surface area contributed by atoms with Crippen molar-refractivity contribution in [1.82, 2.24) is 10.6 Å². The van der Waals surface area contributed by atoms with Gasteiger partial charge in [0.25, 0.3) is 0 Å². The Morgan fingerprint density at radius 1 is 1.20 bits per heavy atom. The van der Waals surface area contributed by atoms with Gasteiger partial charge in [0.1, 0.15) is 0 Å². The van der Waals surface area contributed by atoms with E-state index < -0.39 is 0 Å². The van der Waals surface area contributed by atoms with E-state index in [4.69, 9.17) is 0 Å². The van der Waals surface area contributed by atoms with Crippen molar-refractivity contribution in [3.8, 4) is 0 Å². The van der Waals surface area contributed by atoms with Crippen molar-refractivity contribution in [2.75, 3.05) is 6.54 Å². The van der Waals surface area contributed by atoms with Crippen LogP contribution in [0.5, 0.6) is 0 Å². The third kappa shape index (κ3) is 4.97. The van der Waals surface area contributed by atoms with Crippen LogP contribution in [0.1, 0.15) is 44.6 Å². The van der Waals surface area contributed by atoms with Gasteiger partial charge in [-0.25, -0.2) is 0 Å². The predicted molar refractivity (Wildman–Crippen MR) is 82.3 cm³/mol. The first kappa shape index (κ1) is 15.0. The smallest absolute Gasteiger partial charge is 0.234 e. The van der Waals surface area contributed by atoms with E-state index in [2.05, 4.69) is 17.6 Å². The summed E-state index contributed by atoms with van der Waals surface area (Å²) in [5, 5.41) is 6.33. The fourth-order valence-corrected chi connectivity index (χ4v) is 2.91. The minimum Gasteiger partial charge on any atom is -0.351 e. The van der Waals surface area contributed by atoms with Gasteiger partial charge in [0.05, 0.1) is 6.54 Å². The van der Waals surface area contributed by atoms with E-state index in [1.54, 1.807) is 0 Å². The molecule has 0 saturated heterocycles. The summed E-state index contributed by atoms with van der Waals surface area (Å²) in [7, 11) is 0. The fourth-order valence-electron chi connectivity index (χ4n) is 2.91. The monoisotopic (exact) mass is 274 g/mol. The molecule has 1 amide bonds. The number of amides is 1. The highest BCUT2D eigenvalue weighted by atomic mass is 16.1. The van der Waals surface area contributed by atoms with Crippen molar-refractivity contribution in [1.29, 1.82) is 0 Å². The van der Waals surface area contributed by atoms with Crippen LogP contribution in [0, 0.1) is 5.92 Å². The third-order valence-corrected chi connectivity index (χ3v) is 4.27. The van der Waals surface area contributed by atoms with Gasteiger partial charge in [-0.1, -0.05) is 49.6 Å². The second-order valence-electron chi connectivity index (χ2n) is 5.83. The number of hydrogen-bond acceptors (Lipinski definition) is 2. The van der Waals surface area contributed by atoms with Crippen LogP contribution in [-0.4, -0.2) is 18.5 Å². The van der Waals surface area contributed by atoms with Gasteiger partial charge in [-0.15, -0.1) is 0 Å². The fraction of sp³-hybridized carbons (Fsp3) is 0.588. The van der Waals surface area contributed by atoms with E-state index in [0.717, 1.165) is 11.5 Å². The number of carbonyl (C=O) groups is 1. The largest absolute Gasteiger partial charge is 0.351 e. The molecule has 0 unspecified atom stereocenters. The molecule has 0 aromatic heterocycles. The SMILES string of the molecule is C[C@H](NCC(=O)NCc1ccccc1)C1CCCCC1. The van der Waals surface area contributed by atoms with Crippen LogP contribution in [-0.2, 0) is 11.3 Å². The zero-order valence-electron chi connectivity index (χ0n) is 12.4. The maximum Gasteiger partial charge on any atom is 0.234 e. The van der Waals surface area contributed by atoms with Gasteiger partial charge in [0.15, 0.2) is 0 Å². The number of carbonyl (C=O) groups excluding carboxylic acids is 1. The maximum absolute atomic E-state index is 11.8. The van der Waals surface area contributed by atoms with Crippen LogP contribution < -0.4 is 10.6 Å². The number of rotatable bonds is 6. The van der Waals surface area contributed by atoms with Crippen LogP contribution in [0.3, 0.4) is 0 Å². The molecular weight excluding hydrogens is 248 g/mol. The summed E-state index contributed by atoms with van der Waals surface area (Å²) in [5.74, 6) is 0.821. The van der Waals surface area contributed by atoms with Gasteiger partial charge in [-0.3, -0.25) is 4.79 Å². The molecule has 110 valence electrons. The predicted octanol–water partition coefficient (Wildman–Crippen LogP) is 2.86. The number of nitrogens with one attached hydrogen (secondary N) is 2. The summed E-state index contributed by atoms with van der Waals surface area (Å²) in [6, 6.07) is 10.5. The topological polar surface area (TPSA) is 41.1 Å². The molecule has 3 nitrogen and oxygen atoms in total. The van der Waals surface area contributed by atoms with Crippen LogP contribution in [0.2, 0.25) is 0 Å². The minimum atomic E-state index is 0.0801. The second-order valence-corrected chi connectivity index (χ2v) is 5.83. The Bertz CT molecular complexity index is 399. The van der Waals surface area contributed by atoms with E-state index in [9.17, 15) is 4.79 Å². The first-order valence-electron chi connectivity index (χ1n) is 7.79. The molecule has 2 N–H and O–H groups in total. The van der Waals surface area contributed by atoms with Crippen molar-refractivity contribution in [3.05, 3.63) is 35.9 Å². The Hall–Kier alpha value is -1.35. The third-order valence-electron chi connectivity index (χ3n) is 4.27. The Morgan fingerprint density at radius 2 is 1.90 bits per heavy atom. The van der Waals surface area contributed by atoms with Gasteiger partial charge in [0.2, 0.25) is 5.91 Å². The maximum atomic E-state index is 11.8. The molecule has 1 aliphatic rings. The summed E-state index contributed by atoms with van der Waals surface area (Å²) in [5.41, 5.74) is 1.14. The van der Waals surface area contributed by atoms with Crippen molar-refractivity contribution in [3.63, 3.8) is 0 Å². The average Bonchev–Trinajstić information content (AvgIpc) is 2.52. The zero-order valence-corrected chi connectivity index (χ0v) is 12.4. The lowest BCUT2D eigenvalue weighted by molar-refractivity contribution is -0.120. The van der Waals surface area contributed by atoms with E-state index in [0.29, 0.717) is 19.1 Å². The van der Waals surface area contributed by atoms with Gasteiger partial charge in [-0.05, 0) is 31.2 Å². The Labute approximate surface area is 122 Å². The molecule has 1 saturated carbocycles. The summed E-state index contributed by atoms with van der Waals surface area (Å²) < 4.78 is 0. The van der Waals surface area contributed by atoms with Crippen LogP contribution in [0.25, 0.3) is 0 Å². The van der Waals surface area contributed by atoms with Crippen LogP contribution >= 0.6 is 0 Å². The summed E-state index contributed by atoms with van der Waals surface area (Å²) in [6.45, 7) is 3.24. The molecule has 1 atom stereocenters. The lowest BCUT2D eigenvalue weighted by atomic mass is 9.84. The second kappa shape index (κ2) is 8.05. The zero-order chi connectivity index (χ0) is 14.2. The van der Waals surface area contributed by atoms with Crippen LogP contribution in [0.4, 0.5) is 0 Å². The molecule has 1 aromatic rings. The highest BCUT2D eigenvalue weighted by Crippen LogP contribution is 2.26. The van der Waals surface area contributed by atoms with E-state index in [1.165, 1.54) is 32.1 Å². The number of hydrogen-bond donors (Lipinski definition) is 2. The molecule has 0 spiro atoms. The number of benzene rings is 1. The van der Waals surface area contributed by atoms with Crippen molar-refractivity contribution >= 4 is 5.91 Å². The Balaban J connectivity index is 1.64. The lowest BCUT2D eigenvalue weighted by Gasteiger charge is -2.28. The Kier molecular flexibility index (Phi) is 6.06. The molecule has 1 aliphatic carbocycles. The van der Waals surface area contributed by atoms with Gasteiger partial charge < -0.3 is 10.6 Å². The standard InChI is InChI=1S/C17H26N2O/c1-14(16-10-6-3-7-11-16)18-13-17(20)19-12-15-8-4-2-5-9-15/h2,4-5,8-9,14,16,18H,3,6-7,10-13H2,1H3,(H,19,20)/t14-/m0/s1. The average molecular weight is 274 g/mol. The molecule has 1 fully saturated rings. The summed E-state index contributed by atoms with van der Waals surface area (Å²) >= 11 is 0. The lowest BCUT2D eigenvalue weighted by Crippen LogP contribution is -2.41. The summed E-state index contributed by atoms with van der Waals surface area (Å²) in [6.07, 6.45) is 6.67. The molecule has 3 heteroatoms. The molecule has 0 radical (unpaired) electrons.